The van der Waals surface area contributed by atoms with E-state index in [1.54, 1.807) is 13.2 Å². The molecule has 184 valence electrons. The Labute approximate surface area is 206 Å². The fourth-order valence-corrected chi connectivity index (χ4v) is 4.12. The molecule has 0 spiro atoms. The zero-order valence-corrected chi connectivity index (χ0v) is 20.7. The standard InChI is InChI=1S/C28H34N4O3/c1-19(2)16-25(31-20(3)33)28(35)32(4)26(17-21-10-6-5-7-11-21)27(34)29-15-14-22-18-30-24-13-9-8-12-23(22)24/h5-15,18-19,25-26,30H,16-17H2,1-4H3,(H,29,34)(H,31,33)/b15-14-. The third-order valence-electron chi connectivity index (χ3n) is 5.88. The van der Waals surface area contributed by atoms with E-state index in [2.05, 4.69) is 15.6 Å². The minimum absolute atomic E-state index is 0.199. The summed E-state index contributed by atoms with van der Waals surface area (Å²) in [5, 5.41) is 6.65. The molecule has 3 rings (SSSR count). The topological polar surface area (TPSA) is 94.3 Å². The van der Waals surface area contributed by atoms with Crippen LogP contribution in [0.5, 0.6) is 0 Å². The van der Waals surface area contributed by atoms with E-state index in [0.717, 1.165) is 22.0 Å². The number of aromatic amines is 1. The number of carbonyl (C=O) groups excluding carboxylic acids is 3. The zero-order valence-electron chi connectivity index (χ0n) is 20.7. The van der Waals surface area contributed by atoms with Crippen molar-refractivity contribution in [1.82, 2.24) is 20.5 Å². The van der Waals surface area contributed by atoms with Crippen molar-refractivity contribution in [2.45, 2.75) is 45.7 Å². The van der Waals surface area contributed by atoms with E-state index in [4.69, 9.17) is 0 Å². The second kappa shape index (κ2) is 12.0. The van der Waals surface area contributed by atoms with E-state index in [1.807, 2.05) is 80.7 Å². The van der Waals surface area contributed by atoms with Gasteiger partial charge in [0.15, 0.2) is 0 Å². The number of aromatic nitrogens is 1. The van der Waals surface area contributed by atoms with E-state index < -0.39 is 12.1 Å². The lowest BCUT2D eigenvalue weighted by atomic mass is 10.00. The van der Waals surface area contributed by atoms with E-state index >= 15 is 0 Å². The Hall–Kier alpha value is -3.87. The second-order valence-corrected chi connectivity index (χ2v) is 9.17. The van der Waals surface area contributed by atoms with Crippen LogP contribution in [0.15, 0.2) is 67.0 Å². The average Bonchev–Trinajstić information content (AvgIpc) is 3.24. The Bertz CT molecular complexity index is 1180. The van der Waals surface area contributed by atoms with E-state index in [9.17, 15) is 14.4 Å². The molecule has 2 aromatic carbocycles. The van der Waals surface area contributed by atoms with Crippen LogP contribution >= 0.6 is 0 Å². The van der Waals surface area contributed by atoms with Gasteiger partial charge in [-0.05, 0) is 30.0 Å². The number of nitrogens with one attached hydrogen (secondary N) is 3. The van der Waals surface area contributed by atoms with E-state index in [0.29, 0.717) is 12.8 Å². The molecule has 2 atom stereocenters. The van der Waals surface area contributed by atoms with Gasteiger partial charge in [0.2, 0.25) is 17.7 Å². The molecule has 7 nitrogen and oxygen atoms in total. The van der Waals surface area contributed by atoms with Crippen LogP contribution in [0.1, 0.15) is 38.3 Å². The van der Waals surface area contributed by atoms with Gasteiger partial charge in [0.05, 0.1) is 0 Å². The van der Waals surface area contributed by atoms with Gasteiger partial charge in [-0.15, -0.1) is 0 Å². The summed E-state index contributed by atoms with van der Waals surface area (Å²) in [6.45, 7) is 5.38. The highest BCUT2D eigenvalue weighted by Crippen LogP contribution is 2.19. The molecule has 0 bridgehead atoms. The summed E-state index contributed by atoms with van der Waals surface area (Å²) >= 11 is 0. The Kier molecular flexibility index (Phi) is 8.84. The Morgan fingerprint density at radius 1 is 1.03 bits per heavy atom. The molecular weight excluding hydrogens is 440 g/mol. The normalized spacial score (nSPS) is 13.1. The van der Waals surface area contributed by atoms with Crippen molar-refractivity contribution in [2.75, 3.05) is 7.05 Å². The molecule has 0 radical (unpaired) electrons. The monoisotopic (exact) mass is 474 g/mol. The molecule has 3 aromatic rings. The van der Waals surface area contributed by atoms with Gasteiger partial charge in [-0.25, -0.2) is 0 Å². The third-order valence-corrected chi connectivity index (χ3v) is 5.88. The lowest BCUT2D eigenvalue weighted by molar-refractivity contribution is -0.141. The number of nitrogens with zero attached hydrogens (tertiary/aromatic N) is 1. The first-order valence-electron chi connectivity index (χ1n) is 11.9. The van der Waals surface area contributed by atoms with E-state index in [-0.39, 0.29) is 23.6 Å². The third kappa shape index (κ3) is 7.06. The maximum atomic E-state index is 13.4. The Morgan fingerprint density at radius 2 is 1.71 bits per heavy atom. The van der Waals surface area contributed by atoms with Gasteiger partial charge < -0.3 is 20.5 Å². The molecule has 35 heavy (non-hydrogen) atoms. The summed E-state index contributed by atoms with van der Waals surface area (Å²) in [5.41, 5.74) is 2.90. The van der Waals surface area contributed by atoms with Crippen molar-refractivity contribution in [3.8, 4) is 0 Å². The Balaban J connectivity index is 1.80. The van der Waals surface area contributed by atoms with Gasteiger partial charge in [-0.2, -0.15) is 0 Å². The molecule has 0 fully saturated rings. The lowest BCUT2D eigenvalue weighted by Gasteiger charge is -2.31. The highest BCUT2D eigenvalue weighted by atomic mass is 16.2. The second-order valence-electron chi connectivity index (χ2n) is 9.17. The maximum absolute atomic E-state index is 13.4. The fraction of sp³-hybridized carbons (Fsp3) is 0.321. The smallest absolute Gasteiger partial charge is 0.247 e. The number of fused-ring (bicyclic) bond motifs is 1. The van der Waals surface area contributed by atoms with Crippen LogP contribution in [0.3, 0.4) is 0 Å². The van der Waals surface area contributed by atoms with Crippen molar-refractivity contribution in [3.05, 3.63) is 78.1 Å². The van der Waals surface area contributed by atoms with Crippen LogP contribution in [0.2, 0.25) is 0 Å². The summed E-state index contributed by atoms with van der Waals surface area (Å²) in [7, 11) is 1.62. The van der Waals surface area contributed by atoms with Crippen LogP contribution < -0.4 is 10.6 Å². The van der Waals surface area contributed by atoms with Crippen molar-refractivity contribution < 1.29 is 14.4 Å². The number of rotatable bonds is 10. The predicted octanol–water partition coefficient (Wildman–Crippen LogP) is 3.88. The summed E-state index contributed by atoms with van der Waals surface area (Å²) in [6.07, 6.45) is 6.16. The van der Waals surface area contributed by atoms with Gasteiger partial charge in [0.1, 0.15) is 12.1 Å². The molecular formula is C28H34N4O3. The summed E-state index contributed by atoms with van der Waals surface area (Å²) in [5.74, 6) is -0.662. The predicted molar refractivity (Wildman–Crippen MR) is 139 cm³/mol. The highest BCUT2D eigenvalue weighted by Gasteiger charge is 2.32. The number of benzene rings is 2. The first-order chi connectivity index (χ1) is 16.8. The first-order valence-corrected chi connectivity index (χ1v) is 11.9. The molecule has 0 saturated carbocycles. The summed E-state index contributed by atoms with van der Waals surface area (Å²) < 4.78 is 0. The van der Waals surface area contributed by atoms with Gasteiger partial charge in [-0.1, -0.05) is 62.4 Å². The van der Waals surface area contributed by atoms with E-state index in [1.165, 1.54) is 11.8 Å². The van der Waals surface area contributed by atoms with Gasteiger partial charge >= 0.3 is 0 Å². The molecule has 1 aromatic heterocycles. The first kappa shape index (κ1) is 25.7. The fourth-order valence-electron chi connectivity index (χ4n) is 4.12. The van der Waals surface area contributed by atoms with Crippen molar-refractivity contribution in [3.63, 3.8) is 0 Å². The van der Waals surface area contributed by atoms with Crippen LogP contribution in [-0.2, 0) is 20.8 Å². The van der Waals surface area contributed by atoms with Crippen molar-refractivity contribution in [2.24, 2.45) is 5.92 Å². The molecule has 0 aliphatic carbocycles. The largest absolute Gasteiger partial charge is 0.361 e. The molecule has 0 saturated heterocycles. The molecule has 0 aliphatic rings. The van der Waals surface area contributed by atoms with Crippen LogP contribution in [-0.4, -0.2) is 46.7 Å². The number of amides is 3. The minimum atomic E-state index is -0.749. The Morgan fingerprint density at radius 3 is 2.40 bits per heavy atom. The molecule has 3 N–H and O–H groups in total. The number of hydrogen-bond donors (Lipinski definition) is 3. The minimum Gasteiger partial charge on any atom is -0.361 e. The number of hydrogen-bond acceptors (Lipinski definition) is 3. The lowest BCUT2D eigenvalue weighted by Crippen LogP contribution is -2.54. The average molecular weight is 475 g/mol. The van der Waals surface area contributed by atoms with Gasteiger partial charge in [0, 0.05) is 49.3 Å². The zero-order chi connectivity index (χ0) is 25.4. The molecule has 3 amide bonds. The van der Waals surface area contributed by atoms with Crippen LogP contribution in [0.4, 0.5) is 0 Å². The summed E-state index contributed by atoms with van der Waals surface area (Å²) in [4.78, 5) is 43.1. The summed E-state index contributed by atoms with van der Waals surface area (Å²) in [6, 6.07) is 16.1. The SMILES string of the molecule is CC(=O)NC(CC(C)C)C(=O)N(C)C(Cc1ccccc1)C(=O)N/C=C\c1c[nH]c2ccccc12. The number of likely N-dealkylation sites (N-methyl/N-ethyl adjacent to an activating group) is 1. The number of para-hydroxylation sites is 1. The molecule has 0 aliphatic heterocycles. The van der Waals surface area contributed by atoms with Gasteiger partial charge in [0.25, 0.3) is 0 Å². The van der Waals surface area contributed by atoms with Crippen LogP contribution in [0, 0.1) is 5.92 Å². The van der Waals surface area contributed by atoms with Crippen molar-refractivity contribution in [1.29, 1.82) is 0 Å². The quantitative estimate of drug-likeness (QED) is 0.416. The molecule has 1 heterocycles. The van der Waals surface area contributed by atoms with Crippen molar-refractivity contribution >= 4 is 34.7 Å². The number of H-pyrrole nitrogens is 1. The van der Waals surface area contributed by atoms with Crippen LogP contribution in [0.25, 0.3) is 17.0 Å². The molecule has 7 heteroatoms. The van der Waals surface area contributed by atoms with Gasteiger partial charge in [-0.3, -0.25) is 14.4 Å². The molecule has 2 unspecified atom stereocenters. The number of carbonyl (C=O) groups is 3. The highest BCUT2D eigenvalue weighted by molar-refractivity contribution is 5.93. The maximum Gasteiger partial charge on any atom is 0.247 e.